The first-order chi connectivity index (χ1) is 14.3. The number of hydrogen-bond acceptors (Lipinski definition) is 5. The lowest BCUT2D eigenvalue weighted by atomic mass is 10.1. The van der Waals surface area contributed by atoms with Crippen LogP contribution in [0.2, 0.25) is 10.0 Å². The van der Waals surface area contributed by atoms with Crippen LogP contribution in [0.5, 0.6) is 11.5 Å². The van der Waals surface area contributed by atoms with Gasteiger partial charge in [-0.25, -0.2) is 0 Å². The van der Waals surface area contributed by atoms with Gasteiger partial charge in [0.15, 0.2) is 11.5 Å². The molecule has 2 aromatic rings. The zero-order valence-electron chi connectivity index (χ0n) is 15.8. The Morgan fingerprint density at radius 2 is 2.07 bits per heavy atom. The Hall–Kier alpha value is -1.26. The van der Waals surface area contributed by atoms with E-state index in [1.54, 1.807) is 31.4 Å². The minimum atomic E-state index is -0.128. The van der Waals surface area contributed by atoms with Gasteiger partial charge >= 0.3 is 0 Å². The van der Waals surface area contributed by atoms with Crippen LogP contribution < -0.4 is 9.47 Å². The molecule has 1 heterocycles. The van der Waals surface area contributed by atoms with E-state index in [1.165, 1.54) is 16.7 Å². The number of thiocarbonyl (C=S) groups is 1. The highest BCUT2D eigenvalue weighted by Gasteiger charge is 2.31. The largest absolute Gasteiger partial charge is 0.493 e. The zero-order chi connectivity index (χ0) is 21.8. The molecule has 4 nitrogen and oxygen atoms in total. The van der Waals surface area contributed by atoms with Crippen LogP contribution in [0.1, 0.15) is 11.1 Å². The second-order valence-corrected chi connectivity index (χ2v) is 9.82. The lowest BCUT2D eigenvalue weighted by molar-refractivity contribution is -0.121. The molecule has 0 N–H and O–H groups in total. The molecule has 1 amide bonds. The van der Waals surface area contributed by atoms with Gasteiger partial charge in [0.05, 0.1) is 15.6 Å². The lowest BCUT2D eigenvalue weighted by Gasteiger charge is -2.14. The average Bonchev–Trinajstić information content (AvgIpc) is 2.95. The molecule has 1 saturated heterocycles. The highest BCUT2D eigenvalue weighted by molar-refractivity contribution is 14.1. The molecule has 1 aliphatic heterocycles. The molecule has 0 bridgehead atoms. The van der Waals surface area contributed by atoms with Crippen LogP contribution in [-0.2, 0) is 11.4 Å². The van der Waals surface area contributed by atoms with Gasteiger partial charge in [0.1, 0.15) is 10.9 Å². The van der Waals surface area contributed by atoms with Crippen molar-refractivity contribution in [3.05, 3.63) is 72.6 Å². The predicted molar refractivity (Wildman–Crippen MR) is 137 cm³/mol. The molecular weight excluding hydrogens is 576 g/mol. The number of benzene rings is 2. The third kappa shape index (κ3) is 5.31. The molecule has 0 saturated carbocycles. The standard InChI is InChI=1S/C21H16Cl2INO3S2/c1-3-6-25-20(26)18(30-21(25)29)9-12-7-16(24)19(17(8-12)27-2)28-11-13-4-5-14(22)10-15(13)23/h3-5,7-10H,1,6,11H2,2H3/b18-9+. The van der Waals surface area contributed by atoms with Crippen molar-refractivity contribution in [3.63, 3.8) is 0 Å². The normalized spacial score (nSPS) is 15.1. The van der Waals surface area contributed by atoms with E-state index in [9.17, 15) is 4.79 Å². The van der Waals surface area contributed by atoms with Crippen molar-refractivity contribution in [2.45, 2.75) is 6.61 Å². The third-order valence-corrected chi connectivity index (χ3v) is 6.89. The summed E-state index contributed by atoms with van der Waals surface area (Å²) in [5, 5.41) is 1.11. The molecule has 30 heavy (non-hydrogen) atoms. The van der Waals surface area contributed by atoms with Crippen LogP contribution in [0.15, 0.2) is 47.9 Å². The zero-order valence-corrected chi connectivity index (χ0v) is 21.1. The van der Waals surface area contributed by atoms with Gasteiger partial charge < -0.3 is 9.47 Å². The number of carbonyl (C=O) groups excluding carboxylic acids is 1. The van der Waals surface area contributed by atoms with Gasteiger partial charge in [-0.1, -0.05) is 59.3 Å². The maximum absolute atomic E-state index is 12.6. The van der Waals surface area contributed by atoms with Crippen LogP contribution in [-0.4, -0.2) is 28.8 Å². The molecule has 0 aliphatic carbocycles. The van der Waals surface area contributed by atoms with E-state index in [4.69, 9.17) is 44.9 Å². The first-order valence-corrected chi connectivity index (χ1v) is 11.7. The summed E-state index contributed by atoms with van der Waals surface area (Å²) >= 11 is 20.9. The van der Waals surface area contributed by atoms with Gasteiger partial charge in [-0.05, 0) is 58.5 Å². The van der Waals surface area contributed by atoms with E-state index < -0.39 is 0 Å². The van der Waals surface area contributed by atoms with Gasteiger partial charge in [-0.3, -0.25) is 9.69 Å². The quantitative estimate of drug-likeness (QED) is 0.158. The predicted octanol–water partition coefficient (Wildman–Crippen LogP) is 6.57. The maximum atomic E-state index is 12.6. The van der Waals surface area contributed by atoms with E-state index >= 15 is 0 Å². The smallest absolute Gasteiger partial charge is 0.266 e. The van der Waals surface area contributed by atoms with Crippen molar-refractivity contribution in [3.8, 4) is 11.5 Å². The number of amides is 1. The van der Waals surface area contributed by atoms with E-state index in [0.29, 0.717) is 37.3 Å². The molecule has 0 radical (unpaired) electrons. The molecule has 0 unspecified atom stereocenters. The van der Waals surface area contributed by atoms with Gasteiger partial charge in [0.25, 0.3) is 5.91 Å². The van der Waals surface area contributed by atoms with Gasteiger partial charge in [-0.15, -0.1) is 6.58 Å². The number of hydrogen-bond donors (Lipinski definition) is 0. The molecule has 1 aliphatic rings. The minimum absolute atomic E-state index is 0.128. The van der Waals surface area contributed by atoms with Crippen LogP contribution in [0.3, 0.4) is 0 Å². The second kappa shape index (κ2) is 10.4. The number of halogens is 3. The van der Waals surface area contributed by atoms with Crippen molar-refractivity contribution in [1.29, 1.82) is 0 Å². The first-order valence-electron chi connectivity index (χ1n) is 8.64. The monoisotopic (exact) mass is 591 g/mol. The lowest BCUT2D eigenvalue weighted by Crippen LogP contribution is -2.27. The summed E-state index contributed by atoms with van der Waals surface area (Å²) in [5.74, 6) is 1.02. The van der Waals surface area contributed by atoms with Crippen LogP contribution in [0, 0.1) is 3.57 Å². The molecule has 1 fully saturated rings. The fraction of sp³-hybridized carbons (Fsp3) is 0.143. The molecule has 9 heteroatoms. The fourth-order valence-corrected chi connectivity index (χ4v) is 5.21. The Morgan fingerprint density at radius 3 is 2.73 bits per heavy atom. The molecule has 0 aromatic heterocycles. The summed E-state index contributed by atoms with van der Waals surface area (Å²) in [7, 11) is 1.57. The Bertz CT molecular complexity index is 1060. The number of rotatable bonds is 7. The number of nitrogens with zero attached hydrogens (tertiary/aromatic N) is 1. The average molecular weight is 592 g/mol. The van der Waals surface area contributed by atoms with E-state index in [2.05, 4.69) is 29.2 Å². The highest BCUT2D eigenvalue weighted by Crippen LogP contribution is 2.38. The SMILES string of the molecule is C=CCN1C(=O)/C(=C\c2cc(I)c(OCc3ccc(Cl)cc3Cl)c(OC)c2)SC1=S. The molecule has 3 rings (SSSR count). The topological polar surface area (TPSA) is 38.8 Å². The van der Waals surface area contributed by atoms with Crippen molar-refractivity contribution in [2.24, 2.45) is 0 Å². The van der Waals surface area contributed by atoms with Crippen LogP contribution >= 0.6 is 69.8 Å². The van der Waals surface area contributed by atoms with Crippen LogP contribution in [0.25, 0.3) is 6.08 Å². The van der Waals surface area contributed by atoms with Gasteiger partial charge in [0, 0.05) is 22.2 Å². The van der Waals surface area contributed by atoms with E-state index in [-0.39, 0.29) is 12.5 Å². The van der Waals surface area contributed by atoms with E-state index in [0.717, 1.165) is 14.7 Å². The maximum Gasteiger partial charge on any atom is 0.266 e. The second-order valence-electron chi connectivity index (χ2n) is 6.14. The van der Waals surface area contributed by atoms with Crippen molar-refractivity contribution >= 4 is 86.1 Å². The summed E-state index contributed by atoms with van der Waals surface area (Å²) in [4.78, 5) is 14.6. The number of thioether (sulfide) groups is 1. The molecule has 0 atom stereocenters. The van der Waals surface area contributed by atoms with Gasteiger partial charge in [-0.2, -0.15) is 0 Å². The first kappa shape index (κ1) is 23.4. The summed E-state index contributed by atoms with van der Waals surface area (Å²) in [6.45, 7) is 4.32. The van der Waals surface area contributed by atoms with Crippen molar-refractivity contribution < 1.29 is 14.3 Å². The Labute approximate surface area is 208 Å². The fourth-order valence-electron chi connectivity index (χ4n) is 2.69. The van der Waals surface area contributed by atoms with Gasteiger partial charge in [0.2, 0.25) is 0 Å². The molecule has 2 aromatic carbocycles. The Balaban J connectivity index is 1.84. The molecular formula is C21H16Cl2INO3S2. The summed E-state index contributed by atoms with van der Waals surface area (Å²) < 4.78 is 12.9. The summed E-state index contributed by atoms with van der Waals surface area (Å²) in [6.07, 6.45) is 3.45. The van der Waals surface area contributed by atoms with E-state index in [1.807, 2.05) is 18.2 Å². The number of ether oxygens (including phenoxy) is 2. The minimum Gasteiger partial charge on any atom is -0.493 e. The number of methoxy groups -OCH3 is 1. The van der Waals surface area contributed by atoms with Crippen molar-refractivity contribution in [1.82, 2.24) is 4.90 Å². The van der Waals surface area contributed by atoms with Crippen LogP contribution in [0.4, 0.5) is 0 Å². The highest BCUT2D eigenvalue weighted by atomic mass is 127. The summed E-state index contributed by atoms with van der Waals surface area (Å²) in [5.41, 5.74) is 1.63. The Kier molecular flexibility index (Phi) is 8.09. The summed E-state index contributed by atoms with van der Waals surface area (Å²) in [6, 6.07) is 9.00. The third-order valence-electron chi connectivity index (χ3n) is 4.12. The van der Waals surface area contributed by atoms with Crippen molar-refractivity contribution in [2.75, 3.05) is 13.7 Å². The Morgan fingerprint density at radius 1 is 1.30 bits per heavy atom. The molecule has 156 valence electrons. The molecule has 0 spiro atoms. The number of carbonyl (C=O) groups is 1.